The van der Waals surface area contributed by atoms with E-state index in [2.05, 4.69) is 35.1 Å². The summed E-state index contributed by atoms with van der Waals surface area (Å²) in [5, 5.41) is 3.95. The highest BCUT2D eigenvalue weighted by molar-refractivity contribution is 9.09. The number of hydrogen-bond acceptors (Lipinski definition) is 1. The molecule has 0 atom stereocenters. The molecule has 0 aromatic heterocycles. The van der Waals surface area contributed by atoms with Crippen molar-refractivity contribution in [2.75, 3.05) is 11.9 Å². The van der Waals surface area contributed by atoms with Gasteiger partial charge in [-0.05, 0) is 18.8 Å². The van der Waals surface area contributed by atoms with Gasteiger partial charge in [0.15, 0.2) is 0 Å². The zero-order valence-electron chi connectivity index (χ0n) is 8.61. The third-order valence-corrected chi connectivity index (χ3v) is 2.31. The summed E-state index contributed by atoms with van der Waals surface area (Å²) in [4.78, 5) is 11.2. The van der Waals surface area contributed by atoms with E-state index < -0.39 is 0 Å². The van der Waals surface area contributed by atoms with Gasteiger partial charge in [0, 0.05) is 18.3 Å². The Hall–Kier alpha value is -0.0500. The van der Waals surface area contributed by atoms with Crippen LogP contribution in [0.2, 0.25) is 0 Å². The molecular formula is C10H20BrNO. The Labute approximate surface area is 89.6 Å². The summed E-state index contributed by atoms with van der Waals surface area (Å²) < 4.78 is 0. The van der Waals surface area contributed by atoms with Gasteiger partial charge >= 0.3 is 0 Å². The maximum absolute atomic E-state index is 11.2. The molecule has 0 aromatic rings. The van der Waals surface area contributed by atoms with E-state index in [1.807, 2.05) is 0 Å². The van der Waals surface area contributed by atoms with Gasteiger partial charge in [0.05, 0.1) is 0 Å². The van der Waals surface area contributed by atoms with Crippen molar-refractivity contribution < 1.29 is 4.79 Å². The zero-order chi connectivity index (χ0) is 10.1. The fraction of sp³-hybridized carbons (Fsp3) is 0.900. The van der Waals surface area contributed by atoms with E-state index >= 15 is 0 Å². The molecule has 1 N–H and O–H groups in total. The molecule has 0 aromatic carbocycles. The van der Waals surface area contributed by atoms with Crippen molar-refractivity contribution in [3.63, 3.8) is 0 Å². The van der Waals surface area contributed by atoms with Gasteiger partial charge in [-0.15, -0.1) is 0 Å². The molecule has 0 aliphatic heterocycles. The molecule has 78 valence electrons. The standard InChI is InChI=1S/C10H20BrNO/c1-9(2)8-12-10(13)6-4-3-5-7-11/h9H,3-8H2,1-2H3,(H,12,13). The first kappa shape index (κ1) is 12.9. The summed E-state index contributed by atoms with van der Waals surface area (Å²) in [6, 6.07) is 0. The summed E-state index contributed by atoms with van der Waals surface area (Å²) in [5.74, 6) is 0.745. The largest absolute Gasteiger partial charge is 0.356 e. The van der Waals surface area contributed by atoms with Gasteiger partial charge in [-0.1, -0.05) is 36.2 Å². The molecule has 0 aliphatic rings. The van der Waals surface area contributed by atoms with Crippen molar-refractivity contribution in [2.24, 2.45) is 5.92 Å². The maximum Gasteiger partial charge on any atom is 0.220 e. The molecule has 3 heteroatoms. The minimum absolute atomic E-state index is 0.197. The summed E-state index contributed by atoms with van der Waals surface area (Å²) in [6.45, 7) is 5.01. The van der Waals surface area contributed by atoms with Crippen molar-refractivity contribution in [2.45, 2.75) is 39.5 Å². The maximum atomic E-state index is 11.2. The van der Waals surface area contributed by atoms with Gasteiger partial charge in [0.1, 0.15) is 0 Å². The number of nitrogens with one attached hydrogen (secondary N) is 1. The first-order valence-corrected chi connectivity index (χ1v) is 6.11. The van der Waals surface area contributed by atoms with E-state index in [0.717, 1.165) is 31.1 Å². The molecule has 1 amide bonds. The smallest absolute Gasteiger partial charge is 0.220 e. The second-order valence-corrected chi connectivity index (χ2v) is 4.49. The molecule has 0 radical (unpaired) electrons. The molecule has 0 saturated heterocycles. The van der Waals surface area contributed by atoms with Crippen LogP contribution in [0.4, 0.5) is 0 Å². The third kappa shape index (κ3) is 9.87. The van der Waals surface area contributed by atoms with Crippen molar-refractivity contribution in [3.8, 4) is 0 Å². The van der Waals surface area contributed by atoms with Crippen LogP contribution in [0, 0.1) is 5.92 Å². The Bertz CT molecular complexity index is 137. The number of rotatable bonds is 7. The summed E-state index contributed by atoms with van der Waals surface area (Å²) >= 11 is 3.37. The van der Waals surface area contributed by atoms with Crippen LogP contribution in [-0.2, 0) is 4.79 Å². The molecule has 0 aliphatic carbocycles. The topological polar surface area (TPSA) is 29.1 Å². The fourth-order valence-corrected chi connectivity index (χ4v) is 1.36. The Balaban J connectivity index is 3.20. The van der Waals surface area contributed by atoms with E-state index in [0.29, 0.717) is 12.3 Å². The number of alkyl halides is 1. The second-order valence-electron chi connectivity index (χ2n) is 3.70. The van der Waals surface area contributed by atoms with Crippen molar-refractivity contribution >= 4 is 21.8 Å². The lowest BCUT2D eigenvalue weighted by Gasteiger charge is -2.06. The van der Waals surface area contributed by atoms with Crippen LogP contribution in [0.5, 0.6) is 0 Å². The van der Waals surface area contributed by atoms with Crippen LogP contribution >= 0.6 is 15.9 Å². The molecule has 0 heterocycles. The molecule has 0 saturated carbocycles. The van der Waals surface area contributed by atoms with Crippen LogP contribution in [0.25, 0.3) is 0 Å². The van der Waals surface area contributed by atoms with Gasteiger partial charge in [-0.3, -0.25) is 4.79 Å². The molecular weight excluding hydrogens is 230 g/mol. The summed E-state index contributed by atoms with van der Waals surface area (Å²) in [7, 11) is 0. The Morgan fingerprint density at radius 3 is 2.54 bits per heavy atom. The lowest BCUT2D eigenvalue weighted by Crippen LogP contribution is -2.26. The van der Waals surface area contributed by atoms with Crippen LogP contribution in [-0.4, -0.2) is 17.8 Å². The van der Waals surface area contributed by atoms with Gasteiger partial charge < -0.3 is 5.32 Å². The predicted molar refractivity (Wildman–Crippen MR) is 60.1 cm³/mol. The second kappa shape index (κ2) is 8.54. The molecule has 13 heavy (non-hydrogen) atoms. The predicted octanol–water partition coefficient (Wildman–Crippen LogP) is 2.71. The van der Waals surface area contributed by atoms with Crippen LogP contribution in [0.3, 0.4) is 0 Å². The van der Waals surface area contributed by atoms with E-state index in [4.69, 9.17) is 0 Å². The normalized spacial score (nSPS) is 10.5. The van der Waals surface area contributed by atoms with E-state index in [-0.39, 0.29) is 5.91 Å². The molecule has 0 rings (SSSR count). The monoisotopic (exact) mass is 249 g/mol. The van der Waals surface area contributed by atoms with Crippen LogP contribution in [0.1, 0.15) is 39.5 Å². The van der Waals surface area contributed by atoms with Crippen LogP contribution in [0.15, 0.2) is 0 Å². The fourth-order valence-electron chi connectivity index (χ4n) is 0.963. The van der Waals surface area contributed by atoms with Crippen molar-refractivity contribution in [3.05, 3.63) is 0 Å². The average Bonchev–Trinajstić information content (AvgIpc) is 2.09. The highest BCUT2D eigenvalue weighted by Crippen LogP contribution is 2.01. The van der Waals surface area contributed by atoms with Gasteiger partial charge in [0.25, 0.3) is 0 Å². The molecule has 0 unspecified atom stereocenters. The SMILES string of the molecule is CC(C)CNC(=O)CCCCCBr. The first-order chi connectivity index (χ1) is 6.16. The number of carbonyl (C=O) groups excluding carboxylic acids is 1. The lowest BCUT2D eigenvalue weighted by molar-refractivity contribution is -0.121. The van der Waals surface area contributed by atoms with E-state index in [1.54, 1.807) is 0 Å². The first-order valence-electron chi connectivity index (χ1n) is 4.99. The van der Waals surface area contributed by atoms with Gasteiger partial charge in [0.2, 0.25) is 5.91 Å². The Morgan fingerprint density at radius 1 is 1.31 bits per heavy atom. The lowest BCUT2D eigenvalue weighted by atomic mass is 10.2. The highest BCUT2D eigenvalue weighted by Gasteiger charge is 2.01. The quantitative estimate of drug-likeness (QED) is 0.546. The number of carbonyl (C=O) groups is 1. The molecule has 2 nitrogen and oxygen atoms in total. The molecule has 0 bridgehead atoms. The number of halogens is 1. The molecule has 0 spiro atoms. The summed E-state index contributed by atoms with van der Waals surface area (Å²) in [5.41, 5.74) is 0. The number of amides is 1. The van der Waals surface area contributed by atoms with E-state index in [1.165, 1.54) is 0 Å². The number of hydrogen-bond donors (Lipinski definition) is 1. The van der Waals surface area contributed by atoms with Gasteiger partial charge in [-0.2, -0.15) is 0 Å². The Kier molecular flexibility index (Phi) is 8.51. The van der Waals surface area contributed by atoms with Crippen molar-refractivity contribution in [1.29, 1.82) is 0 Å². The van der Waals surface area contributed by atoms with Gasteiger partial charge in [-0.25, -0.2) is 0 Å². The minimum atomic E-state index is 0.197. The van der Waals surface area contributed by atoms with Crippen molar-refractivity contribution in [1.82, 2.24) is 5.32 Å². The van der Waals surface area contributed by atoms with E-state index in [9.17, 15) is 4.79 Å². The zero-order valence-corrected chi connectivity index (χ0v) is 10.2. The molecule has 0 fully saturated rings. The Morgan fingerprint density at radius 2 is 2.00 bits per heavy atom. The number of unbranched alkanes of at least 4 members (excludes halogenated alkanes) is 2. The summed E-state index contributed by atoms with van der Waals surface area (Å²) in [6.07, 6.45) is 3.99. The minimum Gasteiger partial charge on any atom is -0.356 e. The third-order valence-electron chi connectivity index (χ3n) is 1.74. The van der Waals surface area contributed by atoms with Crippen LogP contribution < -0.4 is 5.32 Å². The average molecular weight is 250 g/mol. The highest BCUT2D eigenvalue weighted by atomic mass is 79.9.